The van der Waals surface area contributed by atoms with Crippen LogP contribution < -0.4 is 5.32 Å². The predicted molar refractivity (Wildman–Crippen MR) is 68.1 cm³/mol. The minimum atomic E-state index is -0.442. The van der Waals surface area contributed by atoms with Gasteiger partial charge in [0.1, 0.15) is 5.60 Å². The highest BCUT2D eigenvalue weighted by molar-refractivity contribution is 5.67. The number of hydrogen-bond donors (Lipinski definition) is 2. The molecule has 0 saturated carbocycles. The Morgan fingerprint density at radius 3 is 2.41 bits per heavy atom. The molecule has 1 amide bonds. The van der Waals surface area contributed by atoms with Crippen molar-refractivity contribution in [2.45, 2.75) is 39.2 Å². The minimum Gasteiger partial charge on any atom is -0.444 e. The average Bonchev–Trinajstić information content (AvgIpc) is 2.19. The van der Waals surface area contributed by atoms with Gasteiger partial charge in [-0.2, -0.15) is 0 Å². The first kappa shape index (κ1) is 16.2. The molecule has 0 aromatic heterocycles. The summed E-state index contributed by atoms with van der Waals surface area (Å²) in [4.78, 5) is 13.4. The number of ether oxygens (including phenoxy) is 1. The van der Waals surface area contributed by atoms with Gasteiger partial charge in [-0.3, -0.25) is 0 Å². The highest BCUT2D eigenvalue weighted by Gasteiger charge is 2.15. The van der Waals surface area contributed by atoms with E-state index in [1.54, 1.807) is 0 Å². The zero-order chi connectivity index (χ0) is 13.3. The van der Waals surface area contributed by atoms with E-state index in [9.17, 15) is 4.79 Å². The van der Waals surface area contributed by atoms with Gasteiger partial charge in [-0.15, -0.1) is 0 Å². The summed E-state index contributed by atoms with van der Waals surface area (Å²) in [7, 11) is 2.00. The monoisotopic (exact) mass is 246 g/mol. The molecule has 0 heterocycles. The van der Waals surface area contributed by atoms with Crippen LogP contribution in [0.1, 0.15) is 33.6 Å². The van der Waals surface area contributed by atoms with E-state index in [-0.39, 0.29) is 12.7 Å². The van der Waals surface area contributed by atoms with Crippen molar-refractivity contribution in [2.24, 2.45) is 0 Å². The molecule has 5 heteroatoms. The molecule has 0 aliphatic carbocycles. The first-order valence-electron chi connectivity index (χ1n) is 6.11. The number of aliphatic hydroxyl groups is 1. The van der Waals surface area contributed by atoms with Crippen molar-refractivity contribution in [1.29, 1.82) is 0 Å². The Morgan fingerprint density at radius 1 is 1.29 bits per heavy atom. The third-order valence-electron chi connectivity index (χ3n) is 2.08. The highest BCUT2D eigenvalue weighted by Crippen LogP contribution is 2.06. The third kappa shape index (κ3) is 11.5. The molecule has 0 bridgehead atoms. The van der Waals surface area contributed by atoms with Crippen LogP contribution in [0.2, 0.25) is 0 Å². The molecule has 0 unspecified atom stereocenters. The van der Waals surface area contributed by atoms with Gasteiger partial charge in [0.2, 0.25) is 0 Å². The van der Waals surface area contributed by atoms with Crippen LogP contribution in [0.4, 0.5) is 4.79 Å². The first-order chi connectivity index (χ1) is 7.85. The zero-order valence-electron chi connectivity index (χ0n) is 11.5. The molecule has 5 nitrogen and oxygen atoms in total. The van der Waals surface area contributed by atoms with E-state index in [0.717, 1.165) is 25.9 Å². The predicted octanol–water partition coefficient (Wildman–Crippen LogP) is 1.22. The molecule has 0 aromatic carbocycles. The number of carbonyl (C=O) groups is 1. The molecule has 0 rings (SSSR count). The molecular weight excluding hydrogens is 220 g/mol. The quantitative estimate of drug-likeness (QED) is 0.663. The molecule has 0 saturated heterocycles. The van der Waals surface area contributed by atoms with Crippen LogP contribution in [0, 0.1) is 0 Å². The lowest BCUT2D eigenvalue weighted by Crippen LogP contribution is -2.34. The second-order valence-electron chi connectivity index (χ2n) is 5.16. The Hall–Kier alpha value is -0.810. The van der Waals surface area contributed by atoms with E-state index in [1.807, 2.05) is 27.8 Å². The van der Waals surface area contributed by atoms with E-state index < -0.39 is 5.60 Å². The van der Waals surface area contributed by atoms with Crippen molar-refractivity contribution in [2.75, 3.05) is 33.3 Å². The van der Waals surface area contributed by atoms with Crippen LogP contribution in [0.5, 0.6) is 0 Å². The standard InChI is InChI=1S/C12H26N2O3/c1-12(2,3)17-11(16)13-7-5-8-14(4)9-6-10-15/h15H,5-10H2,1-4H3,(H,13,16). The molecule has 102 valence electrons. The van der Waals surface area contributed by atoms with Crippen molar-refractivity contribution in [3.8, 4) is 0 Å². The van der Waals surface area contributed by atoms with Crippen LogP contribution >= 0.6 is 0 Å². The van der Waals surface area contributed by atoms with Gasteiger partial charge in [0.25, 0.3) is 0 Å². The highest BCUT2D eigenvalue weighted by atomic mass is 16.6. The van der Waals surface area contributed by atoms with Crippen LogP contribution in [-0.2, 0) is 4.74 Å². The summed E-state index contributed by atoms with van der Waals surface area (Å²) in [5.41, 5.74) is -0.442. The normalized spacial score (nSPS) is 11.6. The fourth-order valence-electron chi connectivity index (χ4n) is 1.31. The summed E-state index contributed by atoms with van der Waals surface area (Å²) in [6.45, 7) is 8.14. The molecule has 0 aromatic rings. The summed E-state index contributed by atoms with van der Waals surface area (Å²) < 4.78 is 5.11. The fraction of sp³-hybridized carbons (Fsp3) is 0.917. The van der Waals surface area contributed by atoms with E-state index in [4.69, 9.17) is 9.84 Å². The second kappa shape index (κ2) is 8.31. The van der Waals surface area contributed by atoms with E-state index in [2.05, 4.69) is 10.2 Å². The molecule has 0 atom stereocenters. The molecular formula is C12H26N2O3. The maximum atomic E-state index is 11.3. The van der Waals surface area contributed by atoms with E-state index >= 15 is 0 Å². The summed E-state index contributed by atoms with van der Waals surface area (Å²) in [6.07, 6.45) is 1.30. The minimum absolute atomic E-state index is 0.223. The number of alkyl carbamates (subject to hydrolysis) is 1. The van der Waals surface area contributed by atoms with Gasteiger partial charge in [0, 0.05) is 19.7 Å². The molecule has 2 N–H and O–H groups in total. The molecule has 0 radical (unpaired) electrons. The number of rotatable bonds is 7. The van der Waals surface area contributed by atoms with Gasteiger partial charge in [-0.1, -0.05) is 0 Å². The molecule has 0 fully saturated rings. The largest absolute Gasteiger partial charge is 0.444 e. The lowest BCUT2D eigenvalue weighted by atomic mass is 10.2. The molecule has 0 aliphatic heterocycles. The summed E-state index contributed by atoms with van der Waals surface area (Å²) in [5.74, 6) is 0. The smallest absolute Gasteiger partial charge is 0.407 e. The van der Waals surface area contributed by atoms with Crippen LogP contribution in [0.15, 0.2) is 0 Å². The SMILES string of the molecule is CN(CCCO)CCCNC(=O)OC(C)(C)C. The first-order valence-corrected chi connectivity index (χ1v) is 6.11. The van der Waals surface area contributed by atoms with Crippen LogP contribution in [-0.4, -0.2) is 55.0 Å². The zero-order valence-corrected chi connectivity index (χ0v) is 11.5. The lowest BCUT2D eigenvalue weighted by Gasteiger charge is -2.20. The summed E-state index contributed by atoms with van der Waals surface area (Å²) >= 11 is 0. The maximum absolute atomic E-state index is 11.3. The molecule has 0 spiro atoms. The average molecular weight is 246 g/mol. The van der Waals surface area contributed by atoms with Gasteiger partial charge in [0.15, 0.2) is 0 Å². The maximum Gasteiger partial charge on any atom is 0.407 e. The Kier molecular flexibility index (Phi) is 7.91. The van der Waals surface area contributed by atoms with Crippen LogP contribution in [0.25, 0.3) is 0 Å². The van der Waals surface area contributed by atoms with E-state index in [1.165, 1.54) is 0 Å². The second-order valence-corrected chi connectivity index (χ2v) is 5.16. The number of carbonyl (C=O) groups excluding carboxylic acids is 1. The topological polar surface area (TPSA) is 61.8 Å². The van der Waals surface area contributed by atoms with Crippen molar-refractivity contribution in [3.63, 3.8) is 0 Å². The Morgan fingerprint density at radius 2 is 1.88 bits per heavy atom. The van der Waals surface area contributed by atoms with Crippen LogP contribution in [0.3, 0.4) is 0 Å². The number of nitrogens with one attached hydrogen (secondary N) is 1. The van der Waals surface area contributed by atoms with Gasteiger partial charge < -0.3 is 20.1 Å². The van der Waals surface area contributed by atoms with Gasteiger partial charge in [0.05, 0.1) is 0 Å². The lowest BCUT2D eigenvalue weighted by molar-refractivity contribution is 0.0526. The molecule has 17 heavy (non-hydrogen) atoms. The number of hydrogen-bond acceptors (Lipinski definition) is 4. The van der Waals surface area contributed by atoms with Gasteiger partial charge in [-0.25, -0.2) is 4.79 Å². The number of aliphatic hydroxyl groups excluding tert-OH is 1. The fourth-order valence-corrected chi connectivity index (χ4v) is 1.31. The number of amides is 1. The number of nitrogens with zero attached hydrogens (tertiary/aromatic N) is 1. The van der Waals surface area contributed by atoms with Crippen molar-refractivity contribution in [3.05, 3.63) is 0 Å². The van der Waals surface area contributed by atoms with Crippen molar-refractivity contribution < 1.29 is 14.6 Å². The van der Waals surface area contributed by atoms with Gasteiger partial charge >= 0.3 is 6.09 Å². The Balaban J connectivity index is 3.48. The van der Waals surface area contributed by atoms with Crippen molar-refractivity contribution >= 4 is 6.09 Å². The summed E-state index contributed by atoms with van der Waals surface area (Å²) in [5, 5.41) is 11.4. The van der Waals surface area contributed by atoms with E-state index in [0.29, 0.717) is 6.54 Å². The van der Waals surface area contributed by atoms with Crippen molar-refractivity contribution in [1.82, 2.24) is 10.2 Å². The van der Waals surface area contributed by atoms with Gasteiger partial charge in [-0.05, 0) is 47.2 Å². The summed E-state index contributed by atoms with van der Waals surface area (Å²) in [6, 6.07) is 0. The molecule has 0 aliphatic rings. The Labute approximate surface area is 104 Å². The Bertz CT molecular complexity index is 214. The third-order valence-corrected chi connectivity index (χ3v) is 2.08.